The first-order chi connectivity index (χ1) is 13.4. The fourth-order valence-electron chi connectivity index (χ4n) is 2.14. The molecule has 0 spiro atoms. The molecule has 0 aromatic heterocycles. The van der Waals surface area contributed by atoms with Crippen LogP contribution in [0.15, 0.2) is 0 Å². The highest BCUT2D eigenvalue weighted by Gasteiger charge is 2.59. The number of rotatable bonds is 10. The second kappa shape index (κ2) is 11.8. The summed E-state index contributed by atoms with van der Waals surface area (Å²) in [5, 5.41) is 5.21. The molecule has 2 amide bonds. The molecule has 0 aromatic rings. The van der Waals surface area contributed by atoms with Crippen molar-refractivity contribution in [2.45, 2.75) is 40.2 Å². The normalized spacial score (nSPS) is 23.1. The summed E-state index contributed by atoms with van der Waals surface area (Å²) < 4.78 is 20.2. The van der Waals surface area contributed by atoms with E-state index in [-0.39, 0.29) is 30.6 Å². The minimum atomic E-state index is -3.83. The van der Waals surface area contributed by atoms with Gasteiger partial charge in [0.05, 0.1) is 0 Å². The van der Waals surface area contributed by atoms with Gasteiger partial charge in [0.2, 0.25) is 12.7 Å². The summed E-state index contributed by atoms with van der Waals surface area (Å²) in [6.45, 7) is 5.87. The van der Waals surface area contributed by atoms with Crippen LogP contribution in [0.3, 0.4) is 0 Å². The van der Waals surface area contributed by atoms with Gasteiger partial charge in [0.1, 0.15) is 6.61 Å². The molecule has 1 fully saturated rings. The molecule has 13 heteroatoms. The number of carbonyl (C=O) groups is 4. The zero-order chi connectivity index (χ0) is 22.1. The maximum atomic E-state index is 12.5. The number of carbonyl (C=O) groups excluding carboxylic acids is 4. The molecule has 2 atom stereocenters. The highest BCUT2D eigenvalue weighted by atomic mass is 32.2. The van der Waals surface area contributed by atoms with E-state index in [0.717, 1.165) is 11.8 Å². The maximum Gasteiger partial charge on any atom is 0.576 e. The summed E-state index contributed by atoms with van der Waals surface area (Å²) in [6.07, 6.45) is -1.05. The van der Waals surface area contributed by atoms with Gasteiger partial charge >= 0.3 is 14.1 Å². The van der Waals surface area contributed by atoms with Crippen LogP contribution < -0.4 is 10.6 Å². The summed E-state index contributed by atoms with van der Waals surface area (Å²) in [5.74, 6) is -0.933. The van der Waals surface area contributed by atoms with Crippen LogP contribution in [-0.2, 0) is 37.5 Å². The molecule has 29 heavy (non-hydrogen) atoms. The molecule has 3 N–H and O–H groups in total. The van der Waals surface area contributed by atoms with Crippen LogP contribution in [0.4, 0.5) is 0 Å². The average molecular weight is 455 g/mol. The summed E-state index contributed by atoms with van der Waals surface area (Å²) >= 11 is 1.12. The third-order valence-electron chi connectivity index (χ3n) is 3.65. The number of amides is 2. The van der Waals surface area contributed by atoms with Crippen molar-refractivity contribution in [2.75, 3.05) is 32.2 Å². The molecule has 1 aliphatic heterocycles. The summed E-state index contributed by atoms with van der Waals surface area (Å²) in [4.78, 5) is 56.1. The van der Waals surface area contributed by atoms with Gasteiger partial charge in [-0.25, -0.2) is 0 Å². The Morgan fingerprint density at radius 3 is 2.52 bits per heavy atom. The van der Waals surface area contributed by atoms with Crippen molar-refractivity contribution in [3.8, 4) is 0 Å². The fourth-order valence-corrected chi connectivity index (χ4v) is 4.16. The maximum absolute atomic E-state index is 12.5. The predicted octanol–water partition coefficient (Wildman–Crippen LogP) is 0.537. The third kappa shape index (κ3) is 9.83. The first kappa shape index (κ1) is 25.7. The minimum Gasteiger partial charge on any atom is -0.434 e. The fraction of sp³-hybridized carbons (Fsp3) is 0.750. The molecule has 0 radical (unpaired) electrons. The van der Waals surface area contributed by atoms with Crippen molar-refractivity contribution >= 4 is 42.8 Å². The van der Waals surface area contributed by atoms with Gasteiger partial charge in [-0.15, -0.1) is 9.05 Å². The molecule has 1 aliphatic rings. The van der Waals surface area contributed by atoms with E-state index in [2.05, 4.69) is 15.4 Å². The van der Waals surface area contributed by atoms with Crippen molar-refractivity contribution in [3.63, 3.8) is 0 Å². The number of esters is 1. The van der Waals surface area contributed by atoms with Crippen LogP contribution in [0, 0.1) is 5.41 Å². The van der Waals surface area contributed by atoms with Gasteiger partial charge in [-0.05, 0) is 0 Å². The lowest BCUT2D eigenvalue weighted by Gasteiger charge is -2.36. The molecule has 11 nitrogen and oxygen atoms in total. The molecule has 166 valence electrons. The Hall–Kier alpha value is -1.30. The molecular weight excluding hydrogens is 427 g/mol. The summed E-state index contributed by atoms with van der Waals surface area (Å²) in [6, 6.07) is 0. The summed E-state index contributed by atoms with van der Waals surface area (Å²) in [5.41, 5.74) is -0.771. The van der Waals surface area contributed by atoms with Gasteiger partial charge in [0.25, 0.3) is 5.91 Å². The number of hydrogen-bond acceptors (Lipinski definition) is 10. The van der Waals surface area contributed by atoms with Gasteiger partial charge in [-0.1, -0.05) is 25.6 Å². The molecule has 0 aliphatic carbocycles. The molecular formula is C16H28N2O9PS+. The Labute approximate surface area is 174 Å². The van der Waals surface area contributed by atoms with Crippen LogP contribution in [0.25, 0.3) is 0 Å². The molecule has 1 rings (SSSR count). The minimum absolute atomic E-state index is 0.0229. The van der Waals surface area contributed by atoms with E-state index >= 15 is 0 Å². The van der Waals surface area contributed by atoms with Crippen LogP contribution in [0.5, 0.6) is 0 Å². The van der Waals surface area contributed by atoms with E-state index in [1.54, 1.807) is 13.8 Å². The van der Waals surface area contributed by atoms with E-state index in [1.807, 2.05) is 0 Å². The van der Waals surface area contributed by atoms with Gasteiger partial charge in [-0.3, -0.25) is 19.2 Å². The Bertz CT molecular complexity index is 619. The van der Waals surface area contributed by atoms with Gasteiger partial charge in [0, 0.05) is 44.5 Å². The second-order valence-electron chi connectivity index (χ2n) is 6.83. The second-order valence-corrected chi connectivity index (χ2v) is 9.77. The first-order valence-corrected chi connectivity index (χ1v) is 11.3. The van der Waals surface area contributed by atoms with Crippen molar-refractivity contribution in [1.29, 1.82) is 0 Å². The predicted molar refractivity (Wildman–Crippen MR) is 105 cm³/mol. The van der Waals surface area contributed by atoms with Gasteiger partial charge < -0.3 is 15.4 Å². The topological polar surface area (TPSA) is 149 Å². The SMILES string of the molecule is CC(=O)OCO[P+]1(O)OCC(C)(C)[C@H](C(=O)NCCC(=O)NCCSC(C)=O)O1. The van der Waals surface area contributed by atoms with Crippen LogP contribution >= 0.6 is 19.9 Å². The molecule has 0 aromatic carbocycles. The smallest absolute Gasteiger partial charge is 0.434 e. The van der Waals surface area contributed by atoms with Gasteiger partial charge in [0.15, 0.2) is 11.2 Å². The standard InChI is InChI=1S/C16H27N2O9PS/c1-11(19)24-10-26-28(23)25-9-16(3,4)14(27-28)15(22)18-6-5-13(21)17-7-8-29-12(2)20/h14,23H,5-10H2,1-4H3,(H-,17,18,21,22)/p+1/t14-,28?/m0/s1. The average Bonchev–Trinajstić information content (AvgIpc) is 2.60. The third-order valence-corrected chi connectivity index (χ3v) is 5.82. The van der Waals surface area contributed by atoms with E-state index < -0.39 is 38.4 Å². The lowest BCUT2D eigenvalue weighted by atomic mass is 9.87. The zero-order valence-corrected chi connectivity index (χ0v) is 18.6. The number of ether oxygens (including phenoxy) is 1. The van der Waals surface area contributed by atoms with Crippen molar-refractivity contribution in [1.82, 2.24) is 10.6 Å². The number of thioether (sulfide) groups is 1. The first-order valence-electron chi connectivity index (χ1n) is 8.85. The molecule has 1 saturated heterocycles. The molecule has 1 heterocycles. The largest absolute Gasteiger partial charge is 0.576 e. The Balaban J connectivity index is 2.45. The van der Waals surface area contributed by atoms with Crippen LogP contribution in [-0.4, -0.2) is 66.1 Å². The van der Waals surface area contributed by atoms with E-state index in [9.17, 15) is 24.1 Å². The van der Waals surface area contributed by atoms with E-state index in [1.165, 1.54) is 13.8 Å². The molecule has 0 saturated carbocycles. The molecule has 0 bridgehead atoms. The Kier molecular flexibility index (Phi) is 10.4. The van der Waals surface area contributed by atoms with E-state index in [4.69, 9.17) is 13.6 Å². The van der Waals surface area contributed by atoms with E-state index in [0.29, 0.717) is 12.3 Å². The summed E-state index contributed by atoms with van der Waals surface area (Å²) in [7, 11) is -3.83. The Morgan fingerprint density at radius 2 is 1.90 bits per heavy atom. The van der Waals surface area contributed by atoms with Crippen LogP contribution in [0.2, 0.25) is 0 Å². The van der Waals surface area contributed by atoms with Crippen molar-refractivity contribution in [3.05, 3.63) is 0 Å². The highest BCUT2D eigenvalue weighted by Crippen LogP contribution is 2.63. The van der Waals surface area contributed by atoms with Gasteiger partial charge in [-0.2, -0.15) is 9.42 Å². The lowest BCUT2D eigenvalue weighted by Crippen LogP contribution is -2.50. The van der Waals surface area contributed by atoms with Crippen molar-refractivity contribution in [2.24, 2.45) is 5.41 Å². The number of hydrogen-bond donors (Lipinski definition) is 3. The monoisotopic (exact) mass is 455 g/mol. The Morgan fingerprint density at radius 1 is 1.21 bits per heavy atom. The van der Waals surface area contributed by atoms with Crippen molar-refractivity contribution < 1.29 is 42.4 Å². The zero-order valence-electron chi connectivity index (χ0n) is 16.9. The lowest BCUT2D eigenvalue weighted by molar-refractivity contribution is -0.156. The number of nitrogens with one attached hydrogen (secondary N) is 2. The van der Waals surface area contributed by atoms with Crippen LogP contribution in [0.1, 0.15) is 34.1 Å². The quantitative estimate of drug-likeness (QED) is 0.184. The molecule has 1 unspecified atom stereocenters. The highest BCUT2D eigenvalue weighted by molar-refractivity contribution is 8.13.